The van der Waals surface area contributed by atoms with Gasteiger partial charge in [-0.05, 0) is 37.9 Å². The third-order valence-electron chi connectivity index (χ3n) is 4.28. The highest BCUT2D eigenvalue weighted by molar-refractivity contribution is 7.16. The van der Waals surface area contributed by atoms with E-state index in [2.05, 4.69) is 11.4 Å². The minimum atomic E-state index is -0.0287. The fraction of sp³-hybridized carbons (Fsp3) is 0.714. The SMILES string of the molecule is CNC(c1ccc(Cl)s1)C1CCOC2(CCOC2)C1. The Bertz CT molecular complexity index is 431. The third kappa shape index (κ3) is 2.83. The van der Waals surface area contributed by atoms with Gasteiger partial charge in [-0.2, -0.15) is 0 Å². The van der Waals surface area contributed by atoms with Crippen molar-refractivity contribution in [3.63, 3.8) is 0 Å². The van der Waals surface area contributed by atoms with Crippen LogP contribution in [0, 0.1) is 5.92 Å². The van der Waals surface area contributed by atoms with Gasteiger partial charge in [-0.3, -0.25) is 0 Å². The lowest BCUT2D eigenvalue weighted by Crippen LogP contribution is -2.43. The molecule has 2 fully saturated rings. The topological polar surface area (TPSA) is 30.5 Å². The van der Waals surface area contributed by atoms with Crippen molar-refractivity contribution in [1.82, 2.24) is 5.32 Å². The van der Waals surface area contributed by atoms with E-state index in [-0.39, 0.29) is 5.60 Å². The summed E-state index contributed by atoms with van der Waals surface area (Å²) in [7, 11) is 2.03. The van der Waals surface area contributed by atoms with E-state index in [1.54, 1.807) is 11.3 Å². The number of thiophene rings is 1. The molecule has 0 aliphatic carbocycles. The normalized spacial score (nSPS) is 32.8. The van der Waals surface area contributed by atoms with Crippen LogP contribution < -0.4 is 5.32 Å². The van der Waals surface area contributed by atoms with Crippen LogP contribution >= 0.6 is 22.9 Å². The summed E-state index contributed by atoms with van der Waals surface area (Å²) < 4.78 is 12.4. The zero-order valence-electron chi connectivity index (χ0n) is 11.2. The summed E-state index contributed by atoms with van der Waals surface area (Å²) in [5.41, 5.74) is -0.0287. The molecule has 19 heavy (non-hydrogen) atoms. The first-order chi connectivity index (χ1) is 9.22. The van der Waals surface area contributed by atoms with Crippen LogP contribution in [0.2, 0.25) is 4.34 Å². The molecule has 0 radical (unpaired) electrons. The zero-order chi connectivity index (χ0) is 13.3. The van der Waals surface area contributed by atoms with Crippen molar-refractivity contribution in [2.24, 2.45) is 5.92 Å². The zero-order valence-corrected chi connectivity index (χ0v) is 12.7. The highest BCUT2D eigenvalue weighted by atomic mass is 35.5. The van der Waals surface area contributed by atoms with Crippen molar-refractivity contribution in [2.45, 2.75) is 30.9 Å². The van der Waals surface area contributed by atoms with Crippen molar-refractivity contribution in [1.29, 1.82) is 0 Å². The summed E-state index contributed by atoms with van der Waals surface area (Å²) in [5.74, 6) is 0.593. The van der Waals surface area contributed by atoms with Crippen molar-refractivity contribution in [2.75, 3.05) is 26.9 Å². The molecule has 5 heteroatoms. The first kappa shape index (κ1) is 13.8. The predicted octanol–water partition coefficient (Wildman–Crippen LogP) is 3.25. The van der Waals surface area contributed by atoms with E-state index in [0.29, 0.717) is 12.0 Å². The van der Waals surface area contributed by atoms with E-state index < -0.39 is 0 Å². The summed E-state index contributed by atoms with van der Waals surface area (Å²) in [6, 6.07) is 4.50. The highest BCUT2D eigenvalue weighted by Gasteiger charge is 2.43. The highest BCUT2D eigenvalue weighted by Crippen LogP contribution is 2.42. The fourth-order valence-corrected chi connectivity index (χ4v) is 4.58. The van der Waals surface area contributed by atoms with Crippen molar-refractivity contribution >= 4 is 22.9 Å². The van der Waals surface area contributed by atoms with Crippen LogP contribution in [0.5, 0.6) is 0 Å². The quantitative estimate of drug-likeness (QED) is 0.929. The molecule has 0 bridgehead atoms. The van der Waals surface area contributed by atoms with E-state index in [0.717, 1.165) is 43.4 Å². The summed E-state index contributed by atoms with van der Waals surface area (Å²) in [5, 5.41) is 3.46. The maximum Gasteiger partial charge on any atom is 0.0940 e. The Morgan fingerprint density at radius 3 is 3.00 bits per heavy atom. The third-order valence-corrected chi connectivity index (χ3v) is 5.60. The molecule has 0 saturated carbocycles. The van der Waals surface area contributed by atoms with Crippen LogP contribution in [0.4, 0.5) is 0 Å². The van der Waals surface area contributed by atoms with Crippen LogP contribution in [0.15, 0.2) is 12.1 Å². The number of ether oxygens (including phenoxy) is 2. The molecule has 1 aromatic heterocycles. The van der Waals surface area contributed by atoms with Crippen LogP contribution in [-0.4, -0.2) is 32.5 Å². The van der Waals surface area contributed by atoms with E-state index >= 15 is 0 Å². The van der Waals surface area contributed by atoms with Gasteiger partial charge in [0.1, 0.15) is 0 Å². The Morgan fingerprint density at radius 2 is 2.37 bits per heavy atom. The number of rotatable bonds is 3. The van der Waals surface area contributed by atoms with Gasteiger partial charge in [0.05, 0.1) is 16.5 Å². The first-order valence-corrected chi connectivity index (χ1v) is 8.06. The standard InChI is InChI=1S/C14H20ClNO2S/c1-16-13(11-2-3-12(15)19-11)10-4-6-18-14(8-10)5-7-17-9-14/h2-3,10,13,16H,4-9H2,1H3. The molecule has 0 amide bonds. The Hall–Kier alpha value is -0.130. The fourth-order valence-electron chi connectivity index (χ4n) is 3.32. The Morgan fingerprint density at radius 1 is 1.47 bits per heavy atom. The molecule has 1 spiro atoms. The maximum atomic E-state index is 6.07. The molecule has 2 aliphatic rings. The molecule has 3 heterocycles. The molecule has 3 unspecified atom stereocenters. The molecule has 1 aromatic rings. The molecule has 106 valence electrons. The predicted molar refractivity (Wildman–Crippen MR) is 78.0 cm³/mol. The number of halogens is 1. The Balaban J connectivity index is 1.76. The lowest BCUT2D eigenvalue weighted by atomic mass is 9.80. The average molecular weight is 302 g/mol. The van der Waals surface area contributed by atoms with Gasteiger partial charge in [0.25, 0.3) is 0 Å². The monoisotopic (exact) mass is 301 g/mol. The van der Waals surface area contributed by atoms with Crippen LogP contribution in [0.1, 0.15) is 30.2 Å². The lowest BCUT2D eigenvalue weighted by molar-refractivity contribution is -0.103. The van der Waals surface area contributed by atoms with E-state index in [9.17, 15) is 0 Å². The van der Waals surface area contributed by atoms with Crippen LogP contribution in [0.3, 0.4) is 0 Å². The molecule has 3 rings (SSSR count). The number of nitrogens with one attached hydrogen (secondary N) is 1. The molecule has 0 aromatic carbocycles. The summed E-state index contributed by atoms with van der Waals surface area (Å²) in [6.07, 6.45) is 3.21. The Kier molecular flexibility index (Phi) is 4.15. The molecule has 3 atom stereocenters. The van der Waals surface area contributed by atoms with Gasteiger partial charge in [-0.25, -0.2) is 0 Å². The summed E-state index contributed by atoms with van der Waals surface area (Å²) in [6.45, 7) is 2.43. The van der Waals surface area contributed by atoms with Gasteiger partial charge in [-0.1, -0.05) is 11.6 Å². The van der Waals surface area contributed by atoms with Gasteiger partial charge in [0.2, 0.25) is 0 Å². The second-order valence-corrected chi connectivity index (χ2v) is 7.24. The molecule has 2 saturated heterocycles. The first-order valence-electron chi connectivity index (χ1n) is 6.87. The van der Waals surface area contributed by atoms with Crippen molar-refractivity contribution in [3.05, 3.63) is 21.3 Å². The molecule has 2 aliphatic heterocycles. The van der Waals surface area contributed by atoms with Gasteiger partial charge >= 0.3 is 0 Å². The molecule has 1 N–H and O–H groups in total. The van der Waals surface area contributed by atoms with Gasteiger partial charge in [0, 0.05) is 30.6 Å². The minimum Gasteiger partial charge on any atom is -0.378 e. The molecular formula is C14H20ClNO2S. The summed E-state index contributed by atoms with van der Waals surface area (Å²) in [4.78, 5) is 1.33. The van der Waals surface area contributed by atoms with Crippen LogP contribution in [0.25, 0.3) is 0 Å². The van der Waals surface area contributed by atoms with Gasteiger partial charge < -0.3 is 14.8 Å². The average Bonchev–Trinajstić information content (AvgIpc) is 3.01. The molecule has 3 nitrogen and oxygen atoms in total. The largest absolute Gasteiger partial charge is 0.378 e. The second-order valence-electron chi connectivity index (χ2n) is 5.50. The van der Waals surface area contributed by atoms with E-state index in [4.69, 9.17) is 21.1 Å². The minimum absolute atomic E-state index is 0.0287. The lowest BCUT2D eigenvalue weighted by Gasteiger charge is -2.40. The Labute approximate surface area is 123 Å². The van der Waals surface area contributed by atoms with Crippen molar-refractivity contribution in [3.8, 4) is 0 Å². The summed E-state index contributed by atoms with van der Waals surface area (Å²) >= 11 is 7.74. The molecular weight excluding hydrogens is 282 g/mol. The number of hydrogen-bond acceptors (Lipinski definition) is 4. The van der Waals surface area contributed by atoms with Gasteiger partial charge in [-0.15, -0.1) is 11.3 Å². The maximum absolute atomic E-state index is 6.07. The second kappa shape index (κ2) is 5.70. The smallest absolute Gasteiger partial charge is 0.0940 e. The van der Waals surface area contributed by atoms with E-state index in [1.807, 2.05) is 13.1 Å². The van der Waals surface area contributed by atoms with Gasteiger partial charge in [0.15, 0.2) is 0 Å². The van der Waals surface area contributed by atoms with Crippen molar-refractivity contribution < 1.29 is 9.47 Å². The van der Waals surface area contributed by atoms with E-state index in [1.165, 1.54) is 4.88 Å². The number of hydrogen-bond donors (Lipinski definition) is 1. The van der Waals surface area contributed by atoms with Crippen LogP contribution in [-0.2, 0) is 9.47 Å².